The fourth-order valence-corrected chi connectivity index (χ4v) is 2.14. The largest absolute Gasteiger partial charge is 0.396 e. The second kappa shape index (κ2) is 9.42. The van der Waals surface area contributed by atoms with Crippen molar-refractivity contribution in [3.05, 3.63) is 45.8 Å². The predicted molar refractivity (Wildman–Crippen MR) is 77.9 cm³/mol. The standard InChI is InChI=1S/C15H23N3O/c1-2-3-4-5-6-13-7-9-14(10-8-13)15(11-12-19)17-18-16/h7-10,15,19H,2-6,11-12H2,1H3. The first-order valence-corrected chi connectivity index (χ1v) is 7.05. The lowest BCUT2D eigenvalue weighted by atomic mass is 10.0. The molecular weight excluding hydrogens is 238 g/mol. The molecule has 1 N–H and O–H groups in total. The minimum atomic E-state index is -0.260. The number of aliphatic hydroxyl groups is 1. The van der Waals surface area contributed by atoms with E-state index in [4.69, 9.17) is 10.6 Å². The van der Waals surface area contributed by atoms with Crippen LogP contribution in [0.5, 0.6) is 0 Å². The minimum absolute atomic E-state index is 0.0302. The SMILES string of the molecule is CCCCCCc1ccc(C(CCO)N=[N+]=[N-])cc1. The Hall–Kier alpha value is -1.51. The van der Waals surface area contributed by atoms with Crippen molar-refractivity contribution in [3.8, 4) is 0 Å². The Labute approximate surface area is 115 Å². The van der Waals surface area contributed by atoms with Crippen LogP contribution in [0.2, 0.25) is 0 Å². The van der Waals surface area contributed by atoms with Crippen LogP contribution in [0.15, 0.2) is 29.4 Å². The number of hydrogen-bond donors (Lipinski definition) is 1. The quantitative estimate of drug-likeness (QED) is 0.301. The van der Waals surface area contributed by atoms with Crippen molar-refractivity contribution in [2.24, 2.45) is 5.11 Å². The van der Waals surface area contributed by atoms with Crippen molar-refractivity contribution < 1.29 is 5.11 Å². The molecule has 0 aliphatic heterocycles. The molecule has 0 saturated heterocycles. The lowest BCUT2D eigenvalue weighted by molar-refractivity contribution is 0.276. The summed E-state index contributed by atoms with van der Waals surface area (Å²) < 4.78 is 0. The van der Waals surface area contributed by atoms with Crippen molar-refractivity contribution in [1.82, 2.24) is 0 Å². The molecule has 0 aliphatic rings. The Morgan fingerprint density at radius 1 is 1.21 bits per heavy atom. The summed E-state index contributed by atoms with van der Waals surface area (Å²) in [7, 11) is 0. The zero-order chi connectivity index (χ0) is 13.9. The zero-order valence-electron chi connectivity index (χ0n) is 11.6. The molecule has 0 heterocycles. The van der Waals surface area contributed by atoms with Crippen LogP contribution in [0.1, 0.15) is 56.2 Å². The Balaban J connectivity index is 2.56. The average molecular weight is 261 g/mol. The molecule has 0 aliphatic carbocycles. The van der Waals surface area contributed by atoms with E-state index in [-0.39, 0.29) is 12.6 Å². The molecule has 0 amide bonds. The lowest BCUT2D eigenvalue weighted by Crippen LogP contribution is -1.98. The summed E-state index contributed by atoms with van der Waals surface area (Å²) >= 11 is 0. The Morgan fingerprint density at radius 3 is 2.53 bits per heavy atom. The first kappa shape index (κ1) is 15.5. The van der Waals surface area contributed by atoms with Crippen molar-refractivity contribution in [2.45, 2.75) is 51.5 Å². The fourth-order valence-electron chi connectivity index (χ4n) is 2.14. The first-order chi connectivity index (χ1) is 9.31. The van der Waals surface area contributed by atoms with E-state index >= 15 is 0 Å². The van der Waals surface area contributed by atoms with Crippen LogP contribution >= 0.6 is 0 Å². The van der Waals surface area contributed by atoms with E-state index in [0.29, 0.717) is 6.42 Å². The summed E-state index contributed by atoms with van der Waals surface area (Å²) in [5.74, 6) is 0. The molecule has 4 nitrogen and oxygen atoms in total. The van der Waals surface area contributed by atoms with Gasteiger partial charge in [0, 0.05) is 11.5 Å². The smallest absolute Gasteiger partial charge is 0.0647 e. The number of hydrogen-bond acceptors (Lipinski definition) is 2. The van der Waals surface area contributed by atoms with Crippen LogP contribution in [-0.2, 0) is 6.42 Å². The highest BCUT2D eigenvalue weighted by molar-refractivity contribution is 5.25. The van der Waals surface area contributed by atoms with E-state index in [0.717, 1.165) is 12.0 Å². The predicted octanol–water partition coefficient (Wildman–Crippen LogP) is 4.54. The molecule has 104 valence electrons. The van der Waals surface area contributed by atoms with Crippen molar-refractivity contribution in [3.63, 3.8) is 0 Å². The van der Waals surface area contributed by atoms with Gasteiger partial charge >= 0.3 is 0 Å². The second-order valence-corrected chi connectivity index (χ2v) is 4.79. The third-order valence-electron chi connectivity index (χ3n) is 3.28. The molecule has 19 heavy (non-hydrogen) atoms. The molecule has 0 radical (unpaired) electrons. The molecule has 0 saturated carbocycles. The summed E-state index contributed by atoms with van der Waals surface area (Å²) in [6.07, 6.45) is 6.64. The topological polar surface area (TPSA) is 69.0 Å². The zero-order valence-corrected chi connectivity index (χ0v) is 11.6. The summed E-state index contributed by atoms with van der Waals surface area (Å²) in [4.78, 5) is 2.84. The van der Waals surface area contributed by atoms with Gasteiger partial charge in [-0.2, -0.15) is 0 Å². The van der Waals surface area contributed by atoms with E-state index in [1.807, 2.05) is 12.1 Å². The Bertz CT molecular complexity index is 396. The molecule has 4 heteroatoms. The first-order valence-electron chi connectivity index (χ1n) is 7.05. The summed E-state index contributed by atoms with van der Waals surface area (Å²) in [5.41, 5.74) is 10.8. The highest BCUT2D eigenvalue weighted by Crippen LogP contribution is 2.22. The second-order valence-electron chi connectivity index (χ2n) is 4.79. The molecule has 0 fully saturated rings. The number of benzene rings is 1. The Morgan fingerprint density at radius 2 is 1.95 bits per heavy atom. The maximum Gasteiger partial charge on any atom is 0.0647 e. The molecule has 1 aromatic rings. The molecule has 0 aromatic heterocycles. The van der Waals surface area contributed by atoms with Crippen LogP contribution in [0.3, 0.4) is 0 Å². The number of aryl methyl sites for hydroxylation is 1. The summed E-state index contributed by atoms with van der Waals surface area (Å²) in [6.45, 7) is 2.24. The van der Waals surface area contributed by atoms with Gasteiger partial charge in [-0.25, -0.2) is 0 Å². The van der Waals surface area contributed by atoms with E-state index in [1.165, 1.54) is 31.2 Å². The minimum Gasteiger partial charge on any atom is -0.396 e. The van der Waals surface area contributed by atoms with E-state index < -0.39 is 0 Å². The third-order valence-corrected chi connectivity index (χ3v) is 3.28. The van der Waals surface area contributed by atoms with Gasteiger partial charge in [-0.05, 0) is 35.9 Å². The van der Waals surface area contributed by atoms with Crippen LogP contribution in [0.25, 0.3) is 10.4 Å². The van der Waals surface area contributed by atoms with E-state index in [2.05, 4.69) is 29.1 Å². The normalized spacial score (nSPS) is 11.9. The molecule has 1 unspecified atom stereocenters. The van der Waals surface area contributed by atoms with Crippen molar-refractivity contribution in [2.75, 3.05) is 6.61 Å². The van der Waals surface area contributed by atoms with Crippen LogP contribution in [0.4, 0.5) is 0 Å². The molecule has 1 rings (SSSR count). The maximum atomic E-state index is 8.96. The van der Waals surface area contributed by atoms with Gasteiger partial charge in [0.2, 0.25) is 0 Å². The number of aliphatic hydroxyl groups excluding tert-OH is 1. The number of azide groups is 1. The molecule has 0 bridgehead atoms. The average Bonchev–Trinajstić information content (AvgIpc) is 2.44. The van der Waals surface area contributed by atoms with Crippen molar-refractivity contribution in [1.29, 1.82) is 0 Å². The molecule has 1 atom stereocenters. The number of nitrogens with zero attached hydrogens (tertiary/aromatic N) is 3. The third kappa shape index (κ3) is 5.77. The van der Waals surface area contributed by atoms with E-state index in [9.17, 15) is 0 Å². The maximum absolute atomic E-state index is 8.96. The van der Waals surface area contributed by atoms with Crippen LogP contribution < -0.4 is 0 Å². The van der Waals surface area contributed by atoms with Gasteiger partial charge in [-0.1, -0.05) is 55.6 Å². The molecular formula is C15H23N3O. The number of unbranched alkanes of at least 4 members (excludes halogenated alkanes) is 3. The lowest BCUT2D eigenvalue weighted by Gasteiger charge is -2.10. The summed E-state index contributed by atoms with van der Waals surface area (Å²) in [5, 5.41) is 12.7. The highest BCUT2D eigenvalue weighted by Gasteiger charge is 2.08. The summed E-state index contributed by atoms with van der Waals surface area (Å²) in [6, 6.07) is 7.94. The van der Waals surface area contributed by atoms with Gasteiger partial charge in [0.05, 0.1) is 6.04 Å². The van der Waals surface area contributed by atoms with Gasteiger partial charge in [0.25, 0.3) is 0 Å². The monoisotopic (exact) mass is 261 g/mol. The fraction of sp³-hybridized carbons (Fsp3) is 0.600. The highest BCUT2D eigenvalue weighted by atomic mass is 16.3. The van der Waals surface area contributed by atoms with Crippen LogP contribution in [0, 0.1) is 0 Å². The Kier molecular flexibility index (Phi) is 7.71. The van der Waals surface area contributed by atoms with Crippen molar-refractivity contribution >= 4 is 0 Å². The number of rotatable bonds is 9. The molecule has 0 spiro atoms. The van der Waals surface area contributed by atoms with Gasteiger partial charge in [0.15, 0.2) is 0 Å². The van der Waals surface area contributed by atoms with Gasteiger partial charge in [0.1, 0.15) is 0 Å². The van der Waals surface area contributed by atoms with E-state index in [1.54, 1.807) is 0 Å². The van der Waals surface area contributed by atoms with Gasteiger partial charge in [-0.3, -0.25) is 0 Å². The van der Waals surface area contributed by atoms with Gasteiger partial charge < -0.3 is 5.11 Å². The van der Waals surface area contributed by atoms with Gasteiger partial charge in [-0.15, -0.1) is 0 Å². The molecule has 1 aromatic carbocycles. The van der Waals surface area contributed by atoms with Crippen LogP contribution in [-0.4, -0.2) is 11.7 Å².